The highest BCUT2D eigenvalue weighted by Crippen LogP contribution is 2.35. The number of ether oxygens (including phenoxy) is 2. The third-order valence-corrected chi connectivity index (χ3v) is 5.60. The minimum atomic E-state index is -3.99. The van der Waals surface area contributed by atoms with Crippen LogP contribution >= 0.6 is 26.6 Å². The summed E-state index contributed by atoms with van der Waals surface area (Å²) in [4.78, 5) is 16.4. The Bertz CT molecular complexity index is 1030. The summed E-state index contributed by atoms with van der Waals surface area (Å²) in [6, 6.07) is 3.74. The van der Waals surface area contributed by atoms with Gasteiger partial charge < -0.3 is 19.2 Å². The number of nitrogens with zero attached hydrogens (tertiary/aromatic N) is 3. The van der Waals surface area contributed by atoms with Crippen molar-refractivity contribution in [3.8, 4) is 11.6 Å². The van der Waals surface area contributed by atoms with Crippen LogP contribution in [0.5, 0.6) is 11.6 Å². The van der Waals surface area contributed by atoms with Crippen molar-refractivity contribution in [2.75, 3.05) is 18.5 Å². The van der Waals surface area contributed by atoms with Crippen molar-refractivity contribution in [1.82, 2.24) is 19.9 Å². The molecule has 3 rings (SSSR count). The molecule has 28 heavy (non-hydrogen) atoms. The number of hydrogen-bond donors (Lipinski definition) is 2. The molecule has 0 aliphatic heterocycles. The topological polar surface area (TPSA) is 85.0 Å². The number of aromatic amines is 1. The highest BCUT2D eigenvalue weighted by atomic mass is 79.9. The fraction of sp³-hybridized carbons (Fsp3) is 0.250. The largest absolute Gasteiger partial charge is 0.478 e. The molecule has 0 saturated carbocycles. The molecule has 3 heterocycles. The van der Waals surface area contributed by atoms with E-state index >= 15 is 0 Å². The van der Waals surface area contributed by atoms with E-state index < -0.39 is 29.2 Å². The van der Waals surface area contributed by atoms with Gasteiger partial charge in [0.2, 0.25) is 11.7 Å². The number of alkyl halides is 3. The molecule has 0 saturated heterocycles. The lowest BCUT2D eigenvalue weighted by Gasteiger charge is -2.16. The Hall–Kier alpha value is -2.34. The summed E-state index contributed by atoms with van der Waals surface area (Å²) in [5.41, 5.74) is 0.709. The lowest BCUT2D eigenvalue weighted by molar-refractivity contribution is -0.187. The molecule has 0 fully saturated rings. The van der Waals surface area contributed by atoms with Gasteiger partial charge >= 0.3 is 6.11 Å². The highest BCUT2D eigenvalue weighted by Gasteiger charge is 2.33. The van der Waals surface area contributed by atoms with Gasteiger partial charge in [0.15, 0.2) is 6.67 Å². The molecular formula is C16H15BrF3N5O2S. The zero-order chi connectivity index (χ0) is 20.3. The molecular weight excluding hydrogens is 463 g/mol. The zero-order valence-electron chi connectivity index (χ0n) is 14.7. The Balaban J connectivity index is 1.89. The number of rotatable bonds is 7. The van der Waals surface area contributed by atoms with E-state index in [0.29, 0.717) is 10.3 Å². The van der Waals surface area contributed by atoms with Gasteiger partial charge in [-0.2, -0.15) is 13.8 Å². The van der Waals surface area contributed by atoms with E-state index in [1.165, 1.54) is 7.11 Å². The van der Waals surface area contributed by atoms with Crippen molar-refractivity contribution in [1.29, 1.82) is 0 Å². The van der Waals surface area contributed by atoms with Crippen LogP contribution in [0.3, 0.4) is 0 Å². The average molecular weight is 478 g/mol. The molecule has 12 heteroatoms. The summed E-state index contributed by atoms with van der Waals surface area (Å²) in [6.45, 7) is -0.118. The second-order valence-corrected chi connectivity index (χ2v) is 7.90. The Morgan fingerprint density at radius 2 is 2.14 bits per heavy atom. The van der Waals surface area contributed by atoms with Gasteiger partial charge in [-0.3, -0.25) is 0 Å². The first-order chi connectivity index (χ1) is 13.4. The van der Waals surface area contributed by atoms with Crippen LogP contribution in [-0.4, -0.2) is 45.2 Å². The monoisotopic (exact) mass is 477 g/mol. The number of aromatic nitrogens is 4. The third-order valence-electron chi connectivity index (χ3n) is 3.47. The van der Waals surface area contributed by atoms with Crippen molar-refractivity contribution in [3.63, 3.8) is 0 Å². The molecule has 150 valence electrons. The number of H-pyrrole nitrogens is 1. The van der Waals surface area contributed by atoms with E-state index in [0.717, 1.165) is 16.5 Å². The van der Waals surface area contributed by atoms with Gasteiger partial charge in [0.1, 0.15) is 10.3 Å². The normalized spacial score (nSPS) is 12.9. The SMILES string of the molecule is CC=S(Nc1ncc(OC(F)(F)CF)c(OC)n1)c1c[nH]c2nc(Br)ccc12. The fourth-order valence-corrected chi connectivity index (χ4v) is 3.96. The van der Waals surface area contributed by atoms with Crippen molar-refractivity contribution in [3.05, 3.63) is 29.1 Å². The van der Waals surface area contributed by atoms with Crippen molar-refractivity contribution in [2.45, 2.75) is 17.9 Å². The molecule has 3 aromatic heterocycles. The predicted octanol–water partition coefficient (Wildman–Crippen LogP) is 4.54. The van der Waals surface area contributed by atoms with Gasteiger partial charge in [-0.1, -0.05) is 10.7 Å². The predicted molar refractivity (Wildman–Crippen MR) is 105 cm³/mol. The van der Waals surface area contributed by atoms with Gasteiger partial charge in [0, 0.05) is 16.5 Å². The lowest BCUT2D eigenvalue weighted by Crippen LogP contribution is -2.27. The smallest absolute Gasteiger partial charge is 0.427 e. The van der Waals surface area contributed by atoms with E-state index in [2.05, 4.69) is 45.3 Å². The fourth-order valence-electron chi connectivity index (χ4n) is 2.29. The molecule has 0 spiro atoms. The molecule has 0 aromatic carbocycles. The maximum Gasteiger partial charge on any atom is 0.427 e. The van der Waals surface area contributed by atoms with E-state index in [-0.39, 0.29) is 11.8 Å². The average Bonchev–Trinajstić information content (AvgIpc) is 3.09. The maximum atomic E-state index is 13.1. The molecule has 7 nitrogen and oxygen atoms in total. The minimum absolute atomic E-state index is 0.133. The lowest BCUT2D eigenvalue weighted by atomic mass is 10.3. The number of methoxy groups -OCH3 is 1. The molecule has 1 atom stereocenters. The van der Waals surface area contributed by atoms with Crippen molar-refractivity contribution in [2.24, 2.45) is 0 Å². The van der Waals surface area contributed by atoms with Crippen molar-refractivity contribution >= 4 is 48.9 Å². The Labute approximate surface area is 168 Å². The van der Waals surface area contributed by atoms with Crippen LogP contribution in [0.1, 0.15) is 6.92 Å². The van der Waals surface area contributed by atoms with Crippen LogP contribution in [0.4, 0.5) is 19.1 Å². The number of hydrogen-bond acceptors (Lipinski definition) is 6. The summed E-state index contributed by atoms with van der Waals surface area (Å²) in [5, 5.41) is 2.81. The van der Waals surface area contributed by atoms with Crippen LogP contribution < -0.4 is 14.2 Å². The molecule has 0 aliphatic carbocycles. The van der Waals surface area contributed by atoms with E-state index in [4.69, 9.17) is 4.74 Å². The van der Waals surface area contributed by atoms with Gasteiger partial charge in [-0.05, 0) is 40.4 Å². The number of anilines is 1. The van der Waals surface area contributed by atoms with Crippen LogP contribution in [0.15, 0.2) is 34.0 Å². The quantitative estimate of drug-likeness (QED) is 0.383. The van der Waals surface area contributed by atoms with E-state index in [1.54, 1.807) is 0 Å². The zero-order valence-corrected chi connectivity index (χ0v) is 17.1. The molecule has 1 unspecified atom stereocenters. The second kappa shape index (κ2) is 8.35. The Morgan fingerprint density at radius 3 is 2.82 bits per heavy atom. The number of pyridine rings is 1. The number of nitrogens with one attached hydrogen (secondary N) is 2. The molecule has 0 amide bonds. The Kier molecular flexibility index (Phi) is 6.08. The molecule has 0 bridgehead atoms. The standard InChI is InChI=1S/C16H15BrF3N5O2S/c1-3-28(11-7-21-13-9(11)4-5-12(17)23-13)25-15-22-6-10(14(24-15)26-2)27-16(19,20)8-18/h3-7H,8H2,1-2H3,(H,21,23)(H,22,24,25). The summed E-state index contributed by atoms with van der Waals surface area (Å²) in [5.74, 6) is -0.569. The Morgan fingerprint density at radius 1 is 1.36 bits per heavy atom. The van der Waals surface area contributed by atoms with Crippen LogP contribution in [0.2, 0.25) is 0 Å². The summed E-state index contributed by atoms with van der Waals surface area (Å²) in [7, 11) is 0.613. The van der Waals surface area contributed by atoms with E-state index in [1.807, 2.05) is 30.6 Å². The van der Waals surface area contributed by atoms with Gasteiger partial charge in [-0.15, -0.1) is 0 Å². The van der Waals surface area contributed by atoms with E-state index in [9.17, 15) is 13.2 Å². The summed E-state index contributed by atoms with van der Waals surface area (Å²) >= 11 is 3.32. The van der Waals surface area contributed by atoms with Crippen LogP contribution in [0.25, 0.3) is 11.0 Å². The van der Waals surface area contributed by atoms with Gasteiger partial charge in [0.25, 0.3) is 5.88 Å². The molecule has 0 aliphatic rings. The maximum absolute atomic E-state index is 13.1. The second-order valence-electron chi connectivity index (χ2n) is 5.30. The molecule has 2 N–H and O–H groups in total. The number of fused-ring (bicyclic) bond motifs is 1. The molecule has 0 radical (unpaired) electrons. The van der Waals surface area contributed by atoms with Gasteiger partial charge in [0.05, 0.1) is 13.3 Å². The summed E-state index contributed by atoms with van der Waals surface area (Å²) in [6.07, 6.45) is -1.17. The highest BCUT2D eigenvalue weighted by molar-refractivity contribution is 9.10. The first-order valence-corrected chi connectivity index (χ1v) is 9.91. The van der Waals surface area contributed by atoms with Crippen LogP contribution in [-0.2, 0) is 0 Å². The molecule has 3 aromatic rings. The van der Waals surface area contributed by atoms with Crippen LogP contribution in [0, 0.1) is 0 Å². The first kappa shape index (κ1) is 20.4. The van der Waals surface area contributed by atoms with Crippen molar-refractivity contribution < 1.29 is 22.6 Å². The summed E-state index contributed by atoms with van der Waals surface area (Å²) < 4.78 is 51.7. The third kappa shape index (κ3) is 4.38. The van der Waals surface area contributed by atoms with Gasteiger partial charge in [-0.25, -0.2) is 14.4 Å². The number of halogens is 4. The first-order valence-electron chi connectivity index (χ1n) is 7.83. The minimum Gasteiger partial charge on any atom is -0.478 e.